The van der Waals surface area contributed by atoms with Crippen molar-refractivity contribution in [2.24, 2.45) is 10.9 Å². The van der Waals surface area contributed by atoms with Gasteiger partial charge in [-0.15, -0.1) is 0 Å². The summed E-state index contributed by atoms with van der Waals surface area (Å²) >= 11 is 0. The molecule has 2 aromatic rings. The molecule has 0 atom stereocenters. The maximum atomic E-state index is 8.92. The van der Waals surface area contributed by atoms with Crippen LogP contribution in [-0.4, -0.2) is 27.6 Å². The molecule has 2 rings (SSSR count). The summed E-state index contributed by atoms with van der Waals surface area (Å²) in [5.41, 5.74) is 7.08. The lowest BCUT2D eigenvalue weighted by atomic mass is 10.2. The summed E-state index contributed by atoms with van der Waals surface area (Å²) < 4.78 is 0. The molecule has 0 amide bonds. The molecule has 6 nitrogen and oxygen atoms in total. The van der Waals surface area contributed by atoms with Crippen molar-refractivity contribution in [1.29, 1.82) is 0 Å². The van der Waals surface area contributed by atoms with E-state index < -0.39 is 0 Å². The number of nitrogens with zero attached hydrogens (tertiary/aromatic N) is 4. The van der Waals surface area contributed by atoms with Crippen molar-refractivity contribution in [3.63, 3.8) is 0 Å². The van der Waals surface area contributed by atoms with Crippen LogP contribution in [0.25, 0.3) is 0 Å². The van der Waals surface area contributed by atoms with E-state index in [0.717, 1.165) is 25.1 Å². The SMILES string of the molecule is CCCCN(c1ccccc1)c1nccnc1C(N)=NO. The third kappa shape index (κ3) is 3.47. The summed E-state index contributed by atoms with van der Waals surface area (Å²) in [5, 5.41) is 12.0. The van der Waals surface area contributed by atoms with Crippen LogP contribution in [0.3, 0.4) is 0 Å². The average molecular weight is 285 g/mol. The third-order valence-corrected chi connectivity index (χ3v) is 3.09. The van der Waals surface area contributed by atoms with Crippen molar-refractivity contribution in [2.75, 3.05) is 11.4 Å². The van der Waals surface area contributed by atoms with Crippen molar-refractivity contribution in [3.8, 4) is 0 Å². The topological polar surface area (TPSA) is 87.6 Å². The molecule has 0 aliphatic rings. The molecule has 0 fully saturated rings. The Bertz CT molecular complexity index is 600. The molecule has 110 valence electrons. The normalized spacial score (nSPS) is 11.4. The van der Waals surface area contributed by atoms with Gasteiger partial charge >= 0.3 is 0 Å². The van der Waals surface area contributed by atoms with Crippen molar-refractivity contribution in [2.45, 2.75) is 19.8 Å². The first-order valence-corrected chi connectivity index (χ1v) is 6.89. The predicted molar refractivity (Wildman–Crippen MR) is 82.9 cm³/mol. The largest absolute Gasteiger partial charge is 0.409 e. The van der Waals surface area contributed by atoms with Gasteiger partial charge in [-0.25, -0.2) is 9.97 Å². The van der Waals surface area contributed by atoms with Gasteiger partial charge < -0.3 is 15.8 Å². The number of unbranched alkanes of at least 4 members (excludes halogenated alkanes) is 1. The summed E-state index contributed by atoms with van der Waals surface area (Å²) in [7, 11) is 0. The van der Waals surface area contributed by atoms with E-state index in [-0.39, 0.29) is 5.84 Å². The van der Waals surface area contributed by atoms with Crippen LogP contribution in [0.4, 0.5) is 11.5 Å². The second-order valence-electron chi connectivity index (χ2n) is 4.55. The fraction of sp³-hybridized carbons (Fsp3) is 0.267. The smallest absolute Gasteiger partial charge is 0.192 e. The second-order valence-corrected chi connectivity index (χ2v) is 4.55. The Morgan fingerprint density at radius 2 is 1.95 bits per heavy atom. The van der Waals surface area contributed by atoms with E-state index >= 15 is 0 Å². The van der Waals surface area contributed by atoms with Crippen LogP contribution in [0, 0.1) is 0 Å². The van der Waals surface area contributed by atoms with Gasteiger partial charge in [-0.3, -0.25) is 0 Å². The quantitative estimate of drug-likeness (QED) is 0.368. The lowest BCUT2D eigenvalue weighted by Crippen LogP contribution is -2.25. The average Bonchev–Trinajstić information content (AvgIpc) is 2.56. The minimum Gasteiger partial charge on any atom is -0.409 e. The van der Waals surface area contributed by atoms with Crippen LogP contribution >= 0.6 is 0 Å². The fourth-order valence-electron chi connectivity index (χ4n) is 2.04. The molecular weight excluding hydrogens is 266 g/mol. The van der Waals surface area contributed by atoms with E-state index in [1.807, 2.05) is 35.2 Å². The zero-order chi connectivity index (χ0) is 15.1. The van der Waals surface area contributed by atoms with E-state index in [1.54, 1.807) is 6.20 Å². The molecule has 0 bridgehead atoms. The van der Waals surface area contributed by atoms with Crippen molar-refractivity contribution >= 4 is 17.3 Å². The third-order valence-electron chi connectivity index (χ3n) is 3.09. The number of nitrogens with two attached hydrogens (primary N) is 1. The van der Waals surface area contributed by atoms with Gasteiger partial charge in [0.25, 0.3) is 0 Å². The second kappa shape index (κ2) is 7.23. The summed E-state index contributed by atoms with van der Waals surface area (Å²) in [6.45, 7) is 2.91. The van der Waals surface area contributed by atoms with Crippen LogP contribution < -0.4 is 10.6 Å². The fourth-order valence-corrected chi connectivity index (χ4v) is 2.04. The number of amidine groups is 1. The standard InChI is InChI=1S/C15H19N5O/c1-2-3-11-20(12-7-5-4-6-8-12)15-13(14(16)19-21)17-9-10-18-15/h4-10,21H,2-3,11H2,1H3,(H2,16,19). The molecule has 0 radical (unpaired) electrons. The molecule has 21 heavy (non-hydrogen) atoms. The van der Waals surface area contributed by atoms with Gasteiger partial charge in [0.2, 0.25) is 0 Å². The predicted octanol–water partition coefficient (Wildman–Crippen LogP) is 2.51. The van der Waals surface area contributed by atoms with Gasteiger partial charge in [-0.2, -0.15) is 0 Å². The molecule has 3 N–H and O–H groups in total. The van der Waals surface area contributed by atoms with Crippen LogP contribution in [-0.2, 0) is 0 Å². The van der Waals surface area contributed by atoms with Gasteiger partial charge in [-0.05, 0) is 18.6 Å². The first-order chi connectivity index (χ1) is 10.3. The van der Waals surface area contributed by atoms with Crippen LogP contribution in [0.1, 0.15) is 25.5 Å². The Morgan fingerprint density at radius 1 is 1.24 bits per heavy atom. The summed E-state index contributed by atoms with van der Waals surface area (Å²) in [6, 6.07) is 9.89. The van der Waals surface area contributed by atoms with Crippen LogP contribution in [0.15, 0.2) is 47.9 Å². The van der Waals surface area contributed by atoms with Gasteiger partial charge in [-0.1, -0.05) is 36.7 Å². The molecular formula is C15H19N5O. The van der Waals surface area contributed by atoms with Crippen molar-refractivity contribution in [1.82, 2.24) is 9.97 Å². The Balaban J connectivity index is 2.47. The lowest BCUT2D eigenvalue weighted by molar-refractivity contribution is 0.318. The first kappa shape index (κ1) is 14.8. The number of para-hydroxylation sites is 1. The van der Waals surface area contributed by atoms with Crippen LogP contribution in [0.2, 0.25) is 0 Å². The highest BCUT2D eigenvalue weighted by Gasteiger charge is 2.17. The Morgan fingerprint density at radius 3 is 2.62 bits per heavy atom. The number of oxime groups is 1. The Labute approximate surface area is 123 Å². The molecule has 0 spiro atoms. The molecule has 0 aliphatic heterocycles. The van der Waals surface area contributed by atoms with Gasteiger partial charge in [0, 0.05) is 24.6 Å². The molecule has 0 aliphatic carbocycles. The number of rotatable bonds is 6. The van der Waals surface area contributed by atoms with E-state index in [0.29, 0.717) is 11.5 Å². The van der Waals surface area contributed by atoms with Crippen molar-refractivity contribution in [3.05, 3.63) is 48.4 Å². The van der Waals surface area contributed by atoms with Gasteiger partial charge in [0.15, 0.2) is 17.3 Å². The number of hydrogen-bond donors (Lipinski definition) is 2. The Hall–Kier alpha value is -2.63. The minimum absolute atomic E-state index is 0.0458. The maximum Gasteiger partial charge on any atom is 0.192 e. The first-order valence-electron chi connectivity index (χ1n) is 6.89. The molecule has 0 unspecified atom stereocenters. The number of hydrogen-bond acceptors (Lipinski definition) is 5. The number of aromatic nitrogens is 2. The summed E-state index contributed by atoms with van der Waals surface area (Å²) in [6.07, 6.45) is 5.19. The summed E-state index contributed by atoms with van der Waals surface area (Å²) in [4.78, 5) is 10.6. The highest BCUT2D eigenvalue weighted by molar-refractivity contribution is 6.00. The molecule has 1 heterocycles. The van der Waals surface area contributed by atoms with Crippen LogP contribution in [0.5, 0.6) is 0 Å². The zero-order valence-corrected chi connectivity index (χ0v) is 12.0. The minimum atomic E-state index is -0.0458. The van der Waals surface area contributed by atoms with E-state index in [2.05, 4.69) is 22.0 Å². The molecule has 1 aromatic heterocycles. The molecule has 0 saturated heterocycles. The van der Waals surface area contributed by atoms with E-state index in [9.17, 15) is 0 Å². The number of anilines is 2. The van der Waals surface area contributed by atoms with E-state index in [1.165, 1.54) is 6.20 Å². The Kier molecular flexibility index (Phi) is 5.09. The van der Waals surface area contributed by atoms with Gasteiger partial charge in [0.1, 0.15) is 0 Å². The number of benzene rings is 1. The van der Waals surface area contributed by atoms with Gasteiger partial charge in [0.05, 0.1) is 0 Å². The lowest BCUT2D eigenvalue weighted by Gasteiger charge is -2.25. The summed E-state index contributed by atoms with van der Waals surface area (Å²) in [5.74, 6) is 0.544. The highest BCUT2D eigenvalue weighted by atomic mass is 16.4. The van der Waals surface area contributed by atoms with Crippen molar-refractivity contribution < 1.29 is 5.21 Å². The molecule has 0 saturated carbocycles. The monoisotopic (exact) mass is 285 g/mol. The molecule has 1 aromatic carbocycles. The maximum absolute atomic E-state index is 8.92. The molecule has 6 heteroatoms. The highest BCUT2D eigenvalue weighted by Crippen LogP contribution is 2.25. The van der Waals surface area contributed by atoms with E-state index in [4.69, 9.17) is 10.9 Å². The zero-order valence-electron chi connectivity index (χ0n) is 12.0.